The Bertz CT molecular complexity index is 1240. The molecule has 1 aliphatic heterocycles. The third kappa shape index (κ3) is 7.26. The van der Waals surface area contributed by atoms with Crippen LogP contribution in [0, 0.1) is 6.92 Å². The number of hydrogen-bond donors (Lipinski definition) is 2. The first-order valence-electron chi connectivity index (χ1n) is 11.6. The van der Waals surface area contributed by atoms with E-state index < -0.39 is 20.0 Å². The van der Waals surface area contributed by atoms with Crippen molar-refractivity contribution in [2.45, 2.75) is 55.9 Å². The molecule has 1 saturated heterocycles. The van der Waals surface area contributed by atoms with Gasteiger partial charge < -0.3 is 10.1 Å². The zero-order valence-corrected chi connectivity index (χ0v) is 21.9. The number of nitrogens with zero attached hydrogens (tertiary/aromatic N) is 1. The lowest BCUT2D eigenvalue weighted by atomic mass is 10.1. The second-order valence-electron chi connectivity index (χ2n) is 8.85. The number of hydrogen-bond acceptors (Lipinski definition) is 6. The van der Waals surface area contributed by atoms with Crippen molar-refractivity contribution in [2.75, 3.05) is 26.2 Å². The minimum Gasteiger partial charge on any atom is -0.484 e. The maximum Gasteiger partial charge on any atom is 0.257 e. The first kappa shape index (κ1) is 27.1. The van der Waals surface area contributed by atoms with E-state index in [0.717, 1.165) is 18.4 Å². The Morgan fingerprint density at radius 1 is 1.00 bits per heavy atom. The predicted octanol–water partition coefficient (Wildman–Crippen LogP) is 2.20. The maximum atomic E-state index is 12.6. The molecule has 0 bridgehead atoms. The summed E-state index contributed by atoms with van der Waals surface area (Å²) in [5, 5.41) is 2.77. The highest BCUT2D eigenvalue weighted by Crippen LogP contribution is 2.22. The van der Waals surface area contributed by atoms with Crippen molar-refractivity contribution in [2.24, 2.45) is 0 Å². The summed E-state index contributed by atoms with van der Waals surface area (Å²) in [4.78, 5) is 12.6. The molecular weight excluding hydrogens is 490 g/mol. The number of ether oxygens (including phenoxy) is 1. The van der Waals surface area contributed by atoms with Crippen LogP contribution >= 0.6 is 0 Å². The van der Waals surface area contributed by atoms with Crippen molar-refractivity contribution in [1.29, 1.82) is 0 Å². The van der Waals surface area contributed by atoms with Crippen molar-refractivity contribution >= 4 is 26.0 Å². The highest BCUT2D eigenvalue weighted by molar-refractivity contribution is 7.89. The predicted molar refractivity (Wildman–Crippen MR) is 133 cm³/mol. The van der Waals surface area contributed by atoms with Crippen LogP contribution in [0.3, 0.4) is 0 Å². The molecule has 0 aliphatic carbocycles. The molecule has 35 heavy (non-hydrogen) atoms. The average Bonchev–Trinajstić information content (AvgIpc) is 3.34. The molecule has 1 amide bonds. The van der Waals surface area contributed by atoms with E-state index in [2.05, 4.69) is 10.0 Å². The van der Waals surface area contributed by atoms with Crippen LogP contribution in [0.15, 0.2) is 52.3 Å². The fourth-order valence-electron chi connectivity index (χ4n) is 3.78. The van der Waals surface area contributed by atoms with Gasteiger partial charge in [0.05, 0.1) is 9.79 Å². The van der Waals surface area contributed by atoms with Crippen LogP contribution < -0.4 is 14.8 Å². The molecule has 2 N–H and O–H groups in total. The van der Waals surface area contributed by atoms with E-state index in [1.807, 2.05) is 0 Å². The van der Waals surface area contributed by atoms with Gasteiger partial charge in [-0.05, 0) is 81.5 Å². The molecule has 0 atom stereocenters. The molecule has 1 fully saturated rings. The molecule has 0 saturated carbocycles. The zero-order valence-electron chi connectivity index (χ0n) is 20.3. The summed E-state index contributed by atoms with van der Waals surface area (Å²) in [5.74, 6) is 0.120. The lowest BCUT2D eigenvalue weighted by Crippen LogP contribution is -2.31. The number of amides is 1. The molecule has 2 aromatic carbocycles. The average molecular weight is 524 g/mol. The van der Waals surface area contributed by atoms with Gasteiger partial charge in [0, 0.05) is 25.7 Å². The van der Waals surface area contributed by atoms with Crippen LogP contribution in [0.25, 0.3) is 0 Å². The first-order chi connectivity index (χ1) is 16.5. The molecule has 3 rings (SSSR count). The smallest absolute Gasteiger partial charge is 0.257 e. The summed E-state index contributed by atoms with van der Waals surface area (Å²) in [6.45, 7) is 6.51. The summed E-state index contributed by atoms with van der Waals surface area (Å²) < 4.78 is 59.4. The molecule has 0 unspecified atom stereocenters. The van der Waals surface area contributed by atoms with Crippen molar-refractivity contribution < 1.29 is 26.4 Å². The fraction of sp³-hybridized carbons (Fsp3) is 0.458. The molecule has 9 nitrogen and oxygen atoms in total. The minimum absolute atomic E-state index is 0.139. The molecular formula is C24H33N3O6S2. The van der Waals surface area contributed by atoms with E-state index in [1.165, 1.54) is 22.5 Å². The van der Waals surface area contributed by atoms with Gasteiger partial charge >= 0.3 is 0 Å². The van der Waals surface area contributed by atoms with Crippen molar-refractivity contribution in [3.8, 4) is 5.75 Å². The van der Waals surface area contributed by atoms with E-state index in [1.54, 1.807) is 45.0 Å². The van der Waals surface area contributed by atoms with Crippen LogP contribution in [-0.4, -0.2) is 59.3 Å². The Hall–Kier alpha value is -2.47. The zero-order chi connectivity index (χ0) is 25.6. The number of carbonyl (C=O) groups is 1. The Labute approximate surface area is 208 Å². The van der Waals surface area contributed by atoms with E-state index in [-0.39, 0.29) is 28.3 Å². The molecule has 0 spiro atoms. The highest BCUT2D eigenvalue weighted by atomic mass is 32.2. The van der Waals surface area contributed by atoms with Crippen molar-refractivity contribution in [3.63, 3.8) is 0 Å². The summed E-state index contributed by atoms with van der Waals surface area (Å²) in [6.07, 6.45) is 2.33. The summed E-state index contributed by atoms with van der Waals surface area (Å²) in [6, 6.07) is 11.0. The minimum atomic E-state index is -3.60. The number of rotatable bonds is 11. The fourth-order valence-corrected chi connectivity index (χ4v) is 6.63. The van der Waals surface area contributed by atoms with Gasteiger partial charge in [-0.2, -0.15) is 4.31 Å². The summed E-state index contributed by atoms with van der Waals surface area (Å²) in [5.41, 5.74) is 1.52. The highest BCUT2D eigenvalue weighted by Gasteiger charge is 2.26. The molecule has 11 heteroatoms. The van der Waals surface area contributed by atoms with Gasteiger partial charge in [0.25, 0.3) is 5.91 Å². The van der Waals surface area contributed by atoms with Crippen LogP contribution in [-0.2, 0) is 31.3 Å². The molecule has 192 valence electrons. The SMILES string of the molecule is Cc1cc(S(=O)(=O)NC(C)C)ccc1OCC(=O)NCCc1ccc(S(=O)(=O)N2CCCC2)cc1. The standard InChI is InChI=1S/C24H33N3O6S2/c1-18(2)26-34(29,30)22-10-11-23(19(3)16-22)33-17-24(28)25-13-12-20-6-8-21(9-7-20)35(31,32)27-14-4-5-15-27/h6-11,16,18,26H,4-5,12-15,17H2,1-3H3,(H,25,28). The van der Waals surface area contributed by atoms with Crippen LogP contribution in [0.1, 0.15) is 37.8 Å². The number of nitrogens with one attached hydrogen (secondary N) is 2. The number of benzene rings is 2. The van der Waals surface area contributed by atoms with Gasteiger partial charge in [0.1, 0.15) is 5.75 Å². The maximum absolute atomic E-state index is 12.6. The van der Waals surface area contributed by atoms with Gasteiger partial charge in [0.2, 0.25) is 20.0 Å². The normalized spacial score (nSPS) is 14.9. The molecule has 0 radical (unpaired) electrons. The topological polar surface area (TPSA) is 122 Å². The van der Waals surface area contributed by atoms with Gasteiger partial charge in [-0.3, -0.25) is 4.79 Å². The number of aryl methyl sites for hydroxylation is 1. The Balaban J connectivity index is 1.46. The Morgan fingerprint density at radius 3 is 2.23 bits per heavy atom. The number of sulfonamides is 2. The van der Waals surface area contributed by atoms with Crippen molar-refractivity contribution in [1.82, 2.24) is 14.3 Å². The summed E-state index contributed by atoms with van der Waals surface area (Å²) in [7, 11) is -7.04. The van der Waals surface area contributed by atoms with E-state index in [4.69, 9.17) is 4.74 Å². The Morgan fingerprint density at radius 2 is 1.63 bits per heavy atom. The second kappa shape index (κ2) is 11.5. The van der Waals surface area contributed by atoms with E-state index >= 15 is 0 Å². The number of carbonyl (C=O) groups excluding carboxylic acids is 1. The summed E-state index contributed by atoms with van der Waals surface area (Å²) >= 11 is 0. The van der Waals surface area contributed by atoms with Gasteiger partial charge in [-0.15, -0.1) is 0 Å². The monoisotopic (exact) mass is 523 g/mol. The molecule has 1 heterocycles. The molecule has 1 aliphatic rings. The second-order valence-corrected chi connectivity index (χ2v) is 12.5. The quantitative estimate of drug-likeness (QED) is 0.466. The van der Waals surface area contributed by atoms with Gasteiger partial charge in [-0.1, -0.05) is 12.1 Å². The van der Waals surface area contributed by atoms with Gasteiger partial charge in [-0.25, -0.2) is 21.6 Å². The lowest BCUT2D eigenvalue weighted by molar-refractivity contribution is -0.123. The molecule has 2 aromatic rings. The van der Waals surface area contributed by atoms with Crippen LogP contribution in [0.2, 0.25) is 0 Å². The van der Waals surface area contributed by atoms with E-state index in [9.17, 15) is 21.6 Å². The largest absolute Gasteiger partial charge is 0.484 e. The third-order valence-electron chi connectivity index (χ3n) is 5.57. The van der Waals surface area contributed by atoms with Crippen LogP contribution in [0.5, 0.6) is 5.75 Å². The lowest BCUT2D eigenvalue weighted by Gasteiger charge is -2.15. The van der Waals surface area contributed by atoms with E-state index in [0.29, 0.717) is 37.4 Å². The van der Waals surface area contributed by atoms with Crippen LogP contribution in [0.4, 0.5) is 0 Å². The molecule has 0 aromatic heterocycles. The van der Waals surface area contributed by atoms with Gasteiger partial charge in [0.15, 0.2) is 6.61 Å². The van der Waals surface area contributed by atoms with Crippen molar-refractivity contribution in [3.05, 3.63) is 53.6 Å². The third-order valence-corrected chi connectivity index (χ3v) is 9.14. The Kier molecular flexibility index (Phi) is 8.92. The first-order valence-corrected chi connectivity index (χ1v) is 14.5.